The molecule has 0 aliphatic rings. The smallest absolute Gasteiger partial charge is 1.00 e. The Balaban J connectivity index is -0.000000000833. The molecule has 0 bridgehead atoms. The Morgan fingerprint density at radius 3 is 1.50 bits per heavy atom. The maximum absolute atomic E-state index is 6.47. The summed E-state index contributed by atoms with van der Waals surface area (Å²) in [5, 5.41) is 0. The fourth-order valence-corrected chi connectivity index (χ4v) is 0. The second kappa shape index (κ2) is 22.9. The molecular formula is H3ClMgOZn. The summed E-state index contributed by atoms with van der Waals surface area (Å²) in [6.45, 7) is 0. The Morgan fingerprint density at radius 2 is 1.50 bits per heavy atom. The van der Waals surface area contributed by atoms with Crippen LogP contribution in [0.5, 0.6) is 0 Å². The van der Waals surface area contributed by atoms with Crippen LogP contribution in [0.15, 0.2) is 0 Å². The minimum absolute atomic E-state index is 0. The van der Waals surface area contributed by atoms with Gasteiger partial charge in [0.2, 0.25) is 0 Å². The monoisotopic (exact) mass is 142 g/mol. The summed E-state index contributed by atoms with van der Waals surface area (Å²) in [6.07, 6.45) is 0. The van der Waals surface area contributed by atoms with Crippen LogP contribution >= 0.6 is 11.9 Å². The minimum Gasteiger partial charge on any atom is -1.00 e. The molecular weight excluding hydrogens is 141 g/mol. The third-order valence-corrected chi connectivity index (χ3v) is 0. The van der Waals surface area contributed by atoms with Crippen LogP contribution in [-0.4, -0.2) is 27.7 Å². The summed E-state index contributed by atoms with van der Waals surface area (Å²) in [5.74, 6) is 0. The molecule has 0 amide bonds. The number of rotatable bonds is 0. The molecule has 0 aromatic carbocycles. The van der Waals surface area contributed by atoms with Crippen LogP contribution in [0.1, 0.15) is 2.85 Å². The maximum atomic E-state index is 6.47. The van der Waals surface area contributed by atoms with Gasteiger partial charge in [-0.15, -0.1) is 0 Å². The van der Waals surface area contributed by atoms with Gasteiger partial charge in [0.1, 0.15) is 0 Å². The van der Waals surface area contributed by atoms with E-state index in [0.29, 0.717) is 0 Å². The second-order valence-corrected chi connectivity index (χ2v) is 0. The fourth-order valence-electron chi connectivity index (χ4n) is 0. The van der Waals surface area contributed by atoms with Gasteiger partial charge in [0.15, 0.2) is 0 Å². The molecule has 0 aromatic heterocycles. The van der Waals surface area contributed by atoms with Crippen molar-refractivity contribution in [3.05, 3.63) is 0 Å². The van der Waals surface area contributed by atoms with Crippen LogP contribution in [0.2, 0.25) is 0 Å². The molecule has 0 saturated heterocycles. The molecule has 0 spiro atoms. The summed E-state index contributed by atoms with van der Waals surface area (Å²) in [5.41, 5.74) is 0. The van der Waals surface area contributed by atoms with Gasteiger partial charge in [-0.3, -0.25) is 4.66 Å². The van der Waals surface area contributed by atoms with Crippen LogP contribution in [0.4, 0.5) is 0 Å². The molecule has 0 saturated carbocycles. The number of hydrogen-bond donors (Lipinski definition) is 1. The summed E-state index contributed by atoms with van der Waals surface area (Å²) < 4.78 is 6.47. The number of hydrogen-bond acceptors (Lipinski definition) is 1. The molecule has 20 valence electrons. The van der Waals surface area contributed by atoms with Crippen molar-refractivity contribution in [1.29, 1.82) is 0 Å². The van der Waals surface area contributed by atoms with Gasteiger partial charge in [-0.25, -0.2) is 0 Å². The zero-order valence-corrected chi connectivity index (χ0v) is 7.38. The SMILES string of the molecule is OCl.[H-].[H-].[Mg+2].[Zn]. The van der Waals surface area contributed by atoms with E-state index in [1.54, 1.807) is 0 Å². The Bertz CT molecular complexity index is 13.5. The van der Waals surface area contributed by atoms with Gasteiger partial charge in [0.25, 0.3) is 0 Å². The van der Waals surface area contributed by atoms with E-state index >= 15 is 0 Å². The third kappa shape index (κ3) is 9.43. The van der Waals surface area contributed by atoms with Gasteiger partial charge in [0, 0.05) is 19.5 Å². The summed E-state index contributed by atoms with van der Waals surface area (Å²) in [4.78, 5) is 0. The van der Waals surface area contributed by atoms with Crippen molar-refractivity contribution >= 4 is 34.9 Å². The Kier molecular flexibility index (Phi) is 99.6. The van der Waals surface area contributed by atoms with E-state index in [2.05, 4.69) is 11.9 Å². The predicted molar refractivity (Wildman–Crippen MR) is 16.0 cm³/mol. The normalized spacial score (nSPS) is 1.50. The molecule has 0 rings (SSSR count). The van der Waals surface area contributed by atoms with Crippen LogP contribution in [-0.2, 0) is 19.5 Å². The third-order valence-electron chi connectivity index (χ3n) is 0. The minimum atomic E-state index is 0. The molecule has 0 unspecified atom stereocenters. The Morgan fingerprint density at radius 1 is 1.50 bits per heavy atom. The van der Waals surface area contributed by atoms with Crippen LogP contribution in [0, 0.1) is 0 Å². The molecule has 1 nitrogen and oxygen atoms in total. The predicted octanol–water partition coefficient (Wildman–Crippen LogP) is -0.0258. The zero-order valence-electron chi connectivity index (χ0n) is 4.24. The summed E-state index contributed by atoms with van der Waals surface area (Å²) in [6, 6.07) is 0. The molecule has 0 aromatic rings. The zero-order chi connectivity index (χ0) is 2.00. The van der Waals surface area contributed by atoms with Gasteiger partial charge in [-0.05, 0) is 0 Å². The van der Waals surface area contributed by atoms with Crippen molar-refractivity contribution < 1.29 is 27.0 Å². The molecule has 0 radical (unpaired) electrons. The first-order valence-corrected chi connectivity index (χ1v) is 0.507. The van der Waals surface area contributed by atoms with E-state index in [9.17, 15) is 0 Å². The van der Waals surface area contributed by atoms with Crippen molar-refractivity contribution in [1.82, 2.24) is 0 Å². The van der Waals surface area contributed by atoms with Gasteiger partial charge in [-0.1, -0.05) is 0 Å². The van der Waals surface area contributed by atoms with Crippen molar-refractivity contribution in [2.45, 2.75) is 0 Å². The van der Waals surface area contributed by atoms with E-state index in [1.165, 1.54) is 0 Å². The molecule has 0 fully saturated rings. The van der Waals surface area contributed by atoms with E-state index < -0.39 is 0 Å². The van der Waals surface area contributed by atoms with Crippen LogP contribution in [0.25, 0.3) is 0 Å². The summed E-state index contributed by atoms with van der Waals surface area (Å²) >= 11 is 3.64. The topological polar surface area (TPSA) is 20.2 Å². The van der Waals surface area contributed by atoms with E-state index in [4.69, 9.17) is 4.66 Å². The van der Waals surface area contributed by atoms with E-state index in [-0.39, 0.29) is 45.4 Å². The molecule has 4 heteroatoms. The van der Waals surface area contributed by atoms with Crippen molar-refractivity contribution in [2.75, 3.05) is 0 Å². The Labute approximate surface area is 61.8 Å². The van der Waals surface area contributed by atoms with E-state index in [0.717, 1.165) is 0 Å². The first-order chi connectivity index (χ1) is 1.00. The van der Waals surface area contributed by atoms with Crippen molar-refractivity contribution in [3.63, 3.8) is 0 Å². The Hall–Kier alpha value is 1.64. The van der Waals surface area contributed by atoms with E-state index in [1.807, 2.05) is 0 Å². The van der Waals surface area contributed by atoms with Gasteiger partial charge in [-0.2, -0.15) is 0 Å². The fraction of sp³-hybridized carbons (Fsp3) is 0. The van der Waals surface area contributed by atoms with Gasteiger partial charge < -0.3 is 2.85 Å². The number of halogens is 1. The van der Waals surface area contributed by atoms with Crippen LogP contribution in [0.3, 0.4) is 0 Å². The molecule has 0 aliphatic carbocycles. The second-order valence-electron chi connectivity index (χ2n) is 0. The molecule has 1 N–H and O–H groups in total. The first kappa shape index (κ1) is 17.4. The van der Waals surface area contributed by atoms with Crippen molar-refractivity contribution in [3.8, 4) is 0 Å². The molecule has 4 heavy (non-hydrogen) atoms. The van der Waals surface area contributed by atoms with Gasteiger partial charge >= 0.3 is 23.1 Å². The average Bonchev–Trinajstić information content (AvgIpc) is 1.00. The summed E-state index contributed by atoms with van der Waals surface area (Å²) in [7, 11) is 0. The molecule has 0 heterocycles. The largest absolute Gasteiger partial charge is 2.00 e. The van der Waals surface area contributed by atoms with Crippen LogP contribution < -0.4 is 0 Å². The van der Waals surface area contributed by atoms with Gasteiger partial charge in [0.05, 0.1) is 11.9 Å². The standard InChI is InChI=1S/ClHO.Mg.Zn.2H/c1-2;;;;/h2H;;;;/q;+2;;2*-1. The first-order valence-electron chi connectivity index (χ1n) is 0.169. The average molecular weight is 144 g/mol. The molecule has 0 atom stereocenters. The quantitative estimate of drug-likeness (QED) is 0.473. The maximum Gasteiger partial charge on any atom is 2.00 e. The van der Waals surface area contributed by atoms with Crippen molar-refractivity contribution in [2.24, 2.45) is 0 Å². The molecule has 0 aliphatic heterocycles.